The highest BCUT2D eigenvalue weighted by Gasteiger charge is 2.39. The Morgan fingerprint density at radius 1 is 1.11 bits per heavy atom. The lowest BCUT2D eigenvalue weighted by Crippen LogP contribution is -2.23. The lowest BCUT2D eigenvalue weighted by atomic mass is 10.0. The van der Waals surface area contributed by atoms with E-state index in [-0.39, 0.29) is 18.2 Å². The lowest BCUT2D eigenvalue weighted by Gasteiger charge is -2.10. The van der Waals surface area contributed by atoms with Crippen LogP contribution in [0.25, 0.3) is 0 Å². The number of rotatable bonds is 9. The number of benzene rings is 1. The Balaban J connectivity index is 1.49. The van der Waals surface area contributed by atoms with E-state index in [1.807, 2.05) is 18.2 Å². The predicted octanol–water partition coefficient (Wildman–Crippen LogP) is 3.31. The van der Waals surface area contributed by atoms with E-state index in [0.29, 0.717) is 37.1 Å². The number of terminal acetylenes is 1. The van der Waals surface area contributed by atoms with Crippen molar-refractivity contribution in [3.05, 3.63) is 59.9 Å². The Bertz CT molecular complexity index is 912. The minimum atomic E-state index is -0.475. The topological polar surface area (TPSA) is 95.8 Å². The van der Waals surface area contributed by atoms with Crippen molar-refractivity contribution in [1.82, 2.24) is 10.3 Å². The van der Waals surface area contributed by atoms with E-state index in [0.717, 1.165) is 5.69 Å². The molecule has 2 N–H and O–H groups in total. The number of amides is 2. The Morgan fingerprint density at radius 3 is 2.68 bits per heavy atom. The molecule has 1 aromatic heterocycles. The normalized spacial score (nSPS) is 13.4. The first-order valence-electron chi connectivity index (χ1n) is 9.06. The molecule has 7 nitrogen and oxygen atoms in total. The third-order valence-electron chi connectivity index (χ3n) is 4.37. The van der Waals surface area contributed by atoms with Gasteiger partial charge in [-0.2, -0.15) is 10.2 Å². The maximum Gasteiger partial charge on any atom is 0.251 e. The fraction of sp³-hybridized carbons (Fsp3) is 0.286. The summed E-state index contributed by atoms with van der Waals surface area (Å²) in [4.78, 5) is 28.7. The van der Waals surface area contributed by atoms with E-state index in [9.17, 15) is 9.59 Å². The summed E-state index contributed by atoms with van der Waals surface area (Å²) in [5.74, 6) is 2.19. The molecule has 0 spiro atoms. The zero-order valence-electron chi connectivity index (χ0n) is 15.4. The summed E-state index contributed by atoms with van der Waals surface area (Å²) in [6.45, 7) is 0.336. The van der Waals surface area contributed by atoms with Crippen LogP contribution in [0.5, 0.6) is 0 Å². The Labute approximate surface area is 163 Å². The van der Waals surface area contributed by atoms with Crippen molar-refractivity contribution >= 4 is 17.5 Å². The maximum atomic E-state index is 12.3. The van der Waals surface area contributed by atoms with Crippen molar-refractivity contribution in [2.24, 2.45) is 10.2 Å². The van der Waals surface area contributed by atoms with Gasteiger partial charge in [-0.05, 0) is 30.3 Å². The number of carbonyl (C=O) groups excluding carboxylic acids is 2. The quantitative estimate of drug-likeness (QED) is 0.658. The van der Waals surface area contributed by atoms with E-state index >= 15 is 0 Å². The molecule has 0 atom stereocenters. The summed E-state index contributed by atoms with van der Waals surface area (Å²) in [6, 6.07) is 12.3. The molecule has 0 saturated carbocycles. The average Bonchev–Trinajstić information content (AvgIpc) is 3.50. The molecule has 0 unspecified atom stereocenters. The number of hydrogen-bond donors (Lipinski definition) is 2. The predicted molar refractivity (Wildman–Crippen MR) is 105 cm³/mol. The van der Waals surface area contributed by atoms with Crippen LogP contribution in [-0.4, -0.2) is 22.5 Å². The SMILES string of the molecule is C#CCCC1(CCC(=O)Nc2cccc(C(=O)NCc3ccccn3)c2)N=N1. The highest BCUT2D eigenvalue weighted by molar-refractivity contribution is 5.97. The van der Waals surface area contributed by atoms with Crippen LogP contribution in [0.3, 0.4) is 0 Å². The molecule has 142 valence electrons. The van der Waals surface area contributed by atoms with Crippen LogP contribution in [-0.2, 0) is 11.3 Å². The summed E-state index contributed by atoms with van der Waals surface area (Å²) < 4.78 is 0. The molecule has 1 aliphatic rings. The Morgan fingerprint density at radius 2 is 1.96 bits per heavy atom. The first-order chi connectivity index (χ1) is 13.6. The van der Waals surface area contributed by atoms with Gasteiger partial charge in [0.1, 0.15) is 0 Å². The summed E-state index contributed by atoms with van der Waals surface area (Å²) >= 11 is 0. The van der Waals surface area contributed by atoms with E-state index in [2.05, 4.69) is 31.8 Å². The number of anilines is 1. The molecule has 1 aliphatic heterocycles. The van der Waals surface area contributed by atoms with Crippen LogP contribution in [0.1, 0.15) is 41.7 Å². The molecule has 0 fully saturated rings. The zero-order valence-corrected chi connectivity index (χ0v) is 15.4. The van der Waals surface area contributed by atoms with Crippen LogP contribution < -0.4 is 10.6 Å². The summed E-state index contributed by atoms with van der Waals surface area (Å²) in [5.41, 5.74) is 1.33. The largest absolute Gasteiger partial charge is 0.346 e. The first-order valence-corrected chi connectivity index (χ1v) is 9.06. The average molecular weight is 375 g/mol. The van der Waals surface area contributed by atoms with E-state index in [1.54, 1.807) is 30.5 Å². The number of aromatic nitrogens is 1. The number of nitrogens with one attached hydrogen (secondary N) is 2. The van der Waals surface area contributed by atoms with Crippen LogP contribution >= 0.6 is 0 Å². The van der Waals surface area contributed by atoms with E-state index in [4.69, 9.17) is 6.42 Å². The van der Waals surface area contributed by atoms with Gasteiger partial charge in [0, 0.05) is 43.1 Å². The smallest absolute Gasteiger partial charge is 0.251 e. The number of hydrogen-bond acceptors (Lipinski definition) is 5. The number of pyridine rings is 1. The Hall–Kier alpha value is -3.53. The minimum Gasteiger partial charge on any atom is -0.346 e. The van der Waals surface area contributed by atoms with Gasteiger partial charge in [-0.25, -0.2) is 0 Å². The van der Waals surface area contributed by atoms with Crippen molar-refractivity contribution in [2.75, 3.05) is 5.32 Å². The molecule has 2 heterocycles. The molecule has 0 bridgehead atoms. The number of nitrogens with zero attached hydrogens (tertiary/aromatic N) is 3. The third-order valence-corrected chi connectivity index (χ3v) is 4.37. The molecular weight excluding hydrogens is 354 g/mol. The third kappa shape index (κ3) is 5.48. The van der Waals surface area contributed by atoms with Crippen molar-refractivity contribution in [3.8, 4) is 12.3 Å². The van der Waals surface area contributed by atoms with Gasteiger partial charge < -0.3 is 10.6 Å². The molecule has 2 aromatic rings. The highest BCUT2D eigenvalue weighted by Crippen LogP contribution is 2.37. The standard InChI is InChI=1S/C21H21N5O2/c1-2-3-11-21(25-26-21)12-10-19(27)24-17-9-6-7-16(14-17)20(28)23-15-18-8-4-5-13-22-18/h1,4-9,13-14H,3,10-12,15H2,(H,23,28)(H,24,27). The van der Waals surface area contributed by atoms with Gasteiger partial charge in [0.25, 0.3) is 5.91 Å². The highest BCUT2D eigenvalue weighted by atomic mass is 16.2. The van der Waals surface area contributed by atoms with E-state index < -0.39 is 5.66 Å². The van der Waals surface area contributed by atoms with Gasteiger partial charge in [0.2, 0.25) is 5.91 Å². The monoisotopic (exact) mass is 375 g/mol. The van der Waals surface area contributed by atoms with Gasteiger partial charge in [0.15, 0.2) is 5.66 Å². The first kappa shape index (κ1) is 19.2. The van der Waals surface area contributed by atoms with Gasteiger partial charge in [-0.3, -0.25) is 14.6 Å². The molecule has 0 radical (unpaired) electrons. The second-order valence-electron chi connectivity index (χ2n) is 6.52. The molecule has 3 rings (SSSR count). The lowest BCUT2D eigenvalue weighted by molar-refractivity contribution is -0.116. The molecule has 28 heavy (non-hydrogen) atoms. The van der Waals surface area contributed by atoms with Gasteiger partial charge >= 0.3 is 0 Å². The van der Waals surface area contributed by atoms with E-state index in [1.165, 1.54) is 0 Å². The van der Waals surface area contributed by atoms with Crippen LogP contribution in [0.15, 0.2) is 58.9 Å². The van der Waals surface area contributed by atoms with Crippen molar-refractivity contribution in [3.63, 3.8) is 0 Å². The zero-order chi connectivity index (χ0) is 19.8. The van der Waals surface area contributed by atoms with Crippen LogP contribution in [0.2, 0.25) is 0 Å². The van der Waals surface area contributed by atoms with Crippen molar-refractivity contribution in [2.45, 2.75) is 37.9 Å². The summed E-state index contributed by atoms with van der Waals surface area (Å²) in [5, 5.41) is 13.7. The molecule has 0 saturated heterocycles. The van der Waals surface area contributed by atoms with Crippen molar-refractivity contribution < 1.29 is 9.59 Å². The van der Waals surface area contributed by atoms with Crippen LogP contribution in [0.4, 0.5) is 5.69 Å². The van der Waals surface area contributed by atoms with Crippen LogP contribution in [0, 0.1) is 12.3 Å². The second kappa shape index (κ2) is 8.91. The second-order valence-corrected chi connectivity index (χ2v) is 6.52. The minimum absolute atomic E-state index is 0.150. The fourth-order valence-corrected chi connectivity index (χ4v) is 2.72. The summed E-state index contributed by atoms with van der Waals surface area (Å²) in [7, 11) is 0. The fourth-order valence-electron chi connectivity index (χ4n) is 2.72. The van der Waals surface area contributed by atoms with Crippen molar-refractivity contribution in [1.29, 1.82) is 0 Å². The Kier molecular flexibility index (Phi) is 6.12. The van der Waals surface area contributed by atoms with Gasteiger partial charge in [-0.15, -0.1) is 12.3 Å². The number of carbonyl (C=O) groups is 2. The molecule has 1 aromatic carbocycles. The molecule has 7 heteroatoms. The molecule has 0 aliphatic carbocycles. The van der Waals surface area contributed by atoms with Gasteiger partial charge in [-0.1, -0.05) is 12.1 Å². The molecule has 2 amide bonds. The molecular formula is C21H21N5O2. The maximum absolute atomic E-state index is 12.3. The van der Waals surface area contributed by atoms with Gasteiger partial charge in [0.05, 0.1) is 12.2 Å². The summed E-state index contributed by atoms with van der Waals surface area (Å²) in [6.07, 6.45) is 9.02.